The van der Waals surface area contributed by atoms with Crippen molar-refractivity contribution in [3.8, 4) is 0 Å². The average molecular weight is 198 g/mol. The number of nitrogens with zero attached hydrogens (tertiary/aromatic N) is 2. The van der Waals surface area contributed by atoms with E-state index < -0.39 is 0 Å². The predicted octanol–water partition coefficient (Wildman–Crippen LogP) is 2.20. The molecule has 1 aliphatic heterocycles. The average Bonchev–Trinajstić information content (AvgIpc) is 2.01. The molecular weight excluding hydrogens is 172 g/mol. The van der Waals surface area contributed by atoms with Crippen LogP contribution >= 0.6 is 0 Å². The van der Waals surface area contributed by atoms with Gasteiger partial charge >= 0.3 is 0 Å². The molecule has 0 radical (unpaired) electrons. The van der Waals surface area contributed by atoms with Crippen molar-refractivity contribution in [3.05, 3.63) is 0 Å². The third kappa shape index (κ3) is 3.25. The van der Waals surface area contributed by atoms with Gasteiger partial charge in [-0.05, 0) is 54.3 Å². The van der Waals surface area contributed by atoms with E-state index in [4.69, 9.17) is 0 Å². The SMILES string of the molecule is CN(C)CC1CCCCN1C(C)(C)C. The van der Waals surface area contributed by atoms with Crippen LogP contribution in [0, 0.1) is 0 Å². The molecule has 84 valence electrons. The van der Waals surface area contributed by atoms with Crippen LogP contribution in [0.3, 0.4) is 0 Å². The van der Waals surface area contributed by atoms with Crippen LogP contribution in [0.1, 0.15) is 40.0 Å². The third-order valence-corrected chi connectivity index (χ3v) is 3.06. The Hall–Kier alpha value is -0.0800. The first-order valence-corrected chi connectivity index (χ1v) is 5.83. The molecule has 0 N–H and O–H groups in total. The van der Waals surface area contributed by atoms with Crippen LogP contribution in [0.4, 0.5) is 0 Å². The first-order valence-electron chi connectivity index (χ1n) is 5.83. The smallest absolute Gasteiger partial charge is 0.0228 e. The van der Waals surface area contributed by atoms with Crippen LogP contribution in [-0.2, 0) is 0 Å². The van der Waals surface area contributed by atoms with Crippen molar-refractivity contribution in [2.45, 2.75) is 51.6 Å². The largest absolute Gasteiger partial charge is 0.308 e. The summed E-state index contributed by atoms with van der Waals surface area (Å²) in [4.78, 5) is 4.99. The van der Waals surface area contributed by atoms with E-state index >= 15 is 0 Å². The summed E-state index contributed by atoms with van der Waals surface area (Å²) in [6.45, 7) is 9.49. The topological polar surface area (TPSA) is 6.48 Å². The Morgan fingerprint density at radius 3 is 2.36 bits per heavy atom. The molecule has 1 aliphatic rings. The van der Waals surface area contributed by atoms with E-state index in [1.807, 2.05) is 0 Å². The number of piperidine rings is 1. The highest BCUT2D eigenvalue weighted by molar-refractivity contribution is 4.87. The molecule has 1 saturated heterocycles. The molecule has 1 heterocycles. The van der Waals surface area contributed by atoms with E-state index in [1.54, 1.807) is 0 Å². The molecule has 0 amide bonds. The number of likely N-dealkylation sites (tertiary alicyclic amines) is 1. The Morgan fingerprint density at radius 1 is 1.21 bits per heavy atom. The summed E-state index contributed by atoms with van der Waals surface area (Å²) >= 11 is 0. The fourth-order valence-corrected chi connectivity index (χ4v) is 2.49. The zero-order valence-corrected chi connectivity index (χ0v) is 10.5. The third-order valence-electron chi connectivity index (χ3n) is 3.06. The van der Waals surface area contributed by atoms with Crippen molar-refractivity contribution in [3.63, 3.8) is 0 Å². The van der Waals surface area contributed by atoms with Crippen LogP contribution in [-0.4, -0.2) is 48.6 Å². The minimum Gasteiger partial charge on any atom is -0.308 e. The maximum Gasteiger partial charge on any atom is 0.0228 e. The van der Waals surface area contributed by atoms with Crippen molar-refractivity contribution in [2.24, 2.45) is 0 Å². The van der Waals surface area contributed by atoms with Crippen molar-refractivity contribution in [1.82, 2.24) is 9.80 Å². The van der Waals surface area contributed by atoms with Gasteiger partial charge in [-0.2, -0.15) is 0 Å². The van der Waals surface area contributed by atoms with Gasteiger partial charge in [0.15, 0.2) is 0 Å². The molecule has 0 aromatic heterocycles. The van der Waals surface area contributed by atoms with Gasteiger partial charge in [-0.25, -0.2) is 0 Å². The second-order valence-corrected chi connectivity index (χ2v) is 5.78. The molecule has 14 heavy (non-hydrogen) atoms. The minimum atomic E-state index is 0.334. The standard InChI is InChI=1S/C12H26N2/c1-12(2,3)14-9-7-6-8-11(14)10-13(4)5/h11H,6-10H2,1-5H3. The van der Waals surface area contributed by atoms with Crippen molar-refractivity contribution in [1.29, 1.82) is 0 Å². The second-order valence-electron chi connectivity index (χ2n) is 5.78. The predicted molar refractivity (Wildman–Crippen MR) is 62.7 cm³/mol. The van der Waals surface area contributed by atoms with Gasteiger partial charge in [0.2, 0.25) is 0 Å². The molecular formula is C12H26N2. The van der Waals surface area contributed by atoms with Gasteiger partial charge < -0.3 is 4.90 Å². The zero-order valence-electron chi connectivity index (χ0n) is 10.5. The van der Waals surface area contributed by atoms with Crippen LogP contribution in [0.15, 0.2) is 0 Å². The Balaban J connectivity index is 2.59. The summed E-state index contributed by atoms with van der Waals surface area (Å²) in [5.41, 5.74) is 0.334. The van der Waals surface area contributed by atoms with E-state index in [9.17, 15) is 0 Å². The van der Waals surface area contributed by atoms with Crippen LogP contribution in [0.2, 0.25) is 0 Å². The second kappa shape index (κ2) is 4.63. The van der Waals surface area contributed by atoms with Gasteiger partial charge in [0.05, 0.1) is 0 Å². The lowest BCUT2D eigenvalue weighted by Crippen LogP contribution is -2.53. The van der Waals surface area contributed by atoms with E-state index in [2.05, 4.69) is 44.7 Å². The molecule has 0 bridgehead atoms. The van der Waals surface area contributed by atoms with Crippen molar-refractivity contribution in [2.75, 3.05) is 27.2 Å². The molecule has 1 fully saturated rings. The Labute approximate surface area is 89.3 Å². The van der Waals surface area contributed by atoms with Gasteiger partial charge in [-0.3, -0.25) is 4.90 Å². The van der Waals surface area contributed by atoms with Crippen LogP contribution in [0.25, 0.3) is 0 Å². The van der Waals surface area contributed by atoms with E-state index in [0.717, 1.165) is 6.04 Å². The summed E-state index contributed by atoms with van der Waals surface area (Å²) < 4.78 is 0. The first kappa shape index (κ1) is 12.0. The monoisotopic (exact) mass is 198 g/mol. The minimum absolute atomic E-state index is 0.334. The van der Waals surface area contributed by atoms with E-state index in [0.29, 0.717) is 5.54 Å². The molecule has 0 aromatic carbocycles. The Kier molecular flexibility index (Phi) is 3.96. The number of likely N-dealkylation sites (N-methyl/N-ethyl adjacent to an activating group) is 1. The zero-order chi connectivity index (χ0) is 10.8. The maximum atomic E-state index is 2.68. The summed E-state index contributed by atoms with van der Waals surface area (Å²) in [5.74, 6) is 0. The lowest BCUT2D eigenvalue weighted by molar-refractivity contribution is 0.0384. The molecule has 0 aromatic rings. The number of hydrogen-bond acceptors (Lipinski definition) is 2. The molecule has 0 saturated carbocycles. The quantitative estimate of drug-likeness (QED) is 0.671. The fourth-order valence-electron chi connectivity index (χ4n) is 2.49. The normalized spacial score (nSPS) is 25.7. The summed E-state index contributed by atoms with van der Waals surface area (Å²) in [6, 6.07) is 0.763. The first-order chi connectivity index (χ1) is 6.41. The highest BCUT2D eigenvalue weighted by Crippen LogP contribution is 2.25. The van der Waals surface area contributed by atoms with Gasteiger partial charge in [0.25, 0.3) is 0 Å². The van der Waals surface area contributed by atoms with Gasteiger partial charge in [0.1, 0.15) is 0 Å². The van der Waals surface area contributed by atoms with Crippen molar-refractivity contribution < 1.29 is 0 Å². The van der Waals surface area contributed by atoms with E-state index in [-0.39, 0.29) is 0 Å². The molecule has 1 unspecified atom stereocenters. The molecule has 2 heteroatoms. The highest BCUT2D eigenvalue weighted by atomic mass is 15.2. The van der Waals surface area contributed by atoms with Gasteiger partial charge in [-0.1, -0.05) is 6.42 Å². The lowest BCUT2D eigenvalue weighted by Gasteiger charge is -2.45. The summed E-state index contributed by atoms with van der Waals surface area (Å²) in [6.07, 6.45) is 4.15. The van der Waals surface area contributed by atoms with Gasteiger partial charge in [-0.15, -0.1) is 0 Å². The summed E-state index contributed by atoms with van der Waals surface area (Å²) in [5, 5.41) is 0. The summed E-state index contributed by atoms with van der Waals surface area (Å²) in [7, 11) is 4.35. The number of hydrogen-bond donors (Lipinski definition) is 0. The maximum absolute atomic E-state index is 2.68. The Bertz CT molecular complexity index is 170. The highest BCUT2D eigenvalue weighted by Gasteiger charge is 2.30. The Morgan fingerprint density at radius 2 is 1.86 bits per heavy atom. The van der Waals surface area contributed by atoms with Crippen LogP contribution < -0.4 is 0 Å². The number of rotatable bonds is 2. The van der Waals surface area contributed by atoms with Gasteiger partial charge in [0, 0.05) is 18.1 Å². The van der Waals surface area contributed by atoms with Crippen LogP contribution in [0.5, 0.6) is 0 Å². The molecule has 0 spiro atoms. The molecule has 1 rings (SSSR count). The van der Waals surface area contributed by atoms with E-state index in [1.165, 1.54) is 32.4 Å². The lowest BCUT2D eigenvalue weighted by atomic mass is 9.94. The molecule has 1 atom stereocenters. The molecule has 0 aliphatic carbocycles. The van der Waals surface area contributed by atoms with Crippen molar-refractivity contribution >= 4 is 0 Å². The molecule has 2 nitrogen and oxygen atoms in total. The fraction of sp³-hybridized carbons (Fsp3) is 1.00.